The molecule has 6 heteroatoms. The van der Waals surface area contributed by atoms with Crippen LogP contribution in [-0.2, 0) is 6.54 Å². The van der Waals surface area contributed by atoms with Gasteiger partial charge in [0.1, 0.15) is 0 Å². The highest BCUT2D eigenvalue weighted by atomic mass is 35.5. The molecule has 3 aromatic rings. The van der Waals surface area contributed by atoms with Gasteiger partial charge in [-0.2, -0.15) is 5.10 Å². The van der Waals surface area contributed by atoms with Crippen molar-refractivity contribution in [1.29, 1.82) is 0 Å². The van der Waals surface area contributed by atoms with Gasteiger partial charge in [0.05, 0.1) is 12.2 Å². The number of carboxylic acid groups (broad SMARTS) is 1. The molecule has 0 aliphatic rings. The van der Waals surface area contributed by atoms with E-state index in [-0.39, 0.29) is 5.69 Å². The SMILES string of the molecule is Cc1ccc(Cn2nc(C(=O)O)c(C)c2-c2ccc(Cl)cc2)cc1Cl. The van der Waals surface area contributed by atoms with Gasteiger partial charge < -0.3 is 5.11 Å². The standard InChI is InChI=1S/C19H16Cl2N2O2/c1-11-3-4-13(9-16(11)21)10-23-18(12(2)17(22-23)19(24)25)14-5-7-15(20)8-6-14/h3-9H,10H2,1-2H3,(H,24,25). The van der Waals surface area contributed by atoms with E-state index in [9.17, 15) is 9.90 Å². The van der Waals surface area contributed by atoms with Crippen molar-refractivity contribution >= 4 is 29.2 Å². The normalized spacial score (nSPS) is 10.9. The van der Waals surface area contributed by atoms with Gasteiger partial charge in [0, 0.05) is 21.2 Å². The number of carboxylic acids is 1. The summed E-state index contributed by atoms with van der Waals surface area (Å²) in [6.45, 7) is 4.12. The minimum Gasteiger partial charge on any atom is -0.476 e. The Hall–Kier alpha value is -2.30. The molecular weight excluding hydrogens is 359 g/mol. The van der Waals surface area contributed by atoms with E-state index in [4.69, 9.17) is 23.2 Å². The molecule has 3 rings (SSSR count). The van der Waals surface area contributed by atoms with E-state index in [1.807, 2.05) is 37.3 Å². The molecule has 128 valence electrons. The van der Waals surface area contributed by atoms with Gasteiger partial charge in [-0.15, -0.1) is 0 Å². The van der Waals surface area contributed by atoms with E-state index < -0.39 is 5.97 Å². The van der Waals surface area contributed by atoms with E-state index in [1.54, 1.807) is 23.7 Å². The Kier molecular flexibility index (Phi) is 4.84. The first kappa shape index (κ1) is 17.5. The molecule has 2 aromatic carbocycles. The lowest BCUT2D eigenvalue weighted by molar-refractivity contribution is 0.0688. The van der Waals surface area contributed by atoms with Gasteiger partial charge in [-0.25, -0.2) is 4.79 Å². The highest BCUT2D eigenvalue weighted by molar-refractivity contribution is 6.31. The molecule has 0 saturated carbocycles. The maximum atomic E-state index is 11.5. The van der Waals surface area contributed by atoms with Crippen LogP contribution in [0.25, 0.3) is 11.3 Å². The summed E-state index contributed by atoms with van der Waals surface area (Å²) in [7, 11) is 0. The average Bonchev–Trinajstić information content (AvgIpc) is 2.88. The molecule has 0 aliphatic heterocycles. The first-order chi connectivity index (χ1) is 11.9. The summed E-state index contributed by atoms with van der Waals surface area (Å²) in [5.41, 5.74) is 4.22. The van der Waals surface area contributed by atoms with Crippen LogP contribution in [0.2, 0.25) is 10.0 Å². The lowest BCUT2D eigenvalue weighted by Gasteiger charge is -2.10. The second kappa shape index (κ2) is 6.90. The molecule has 0 fully saturated rings. The van der Waals surface area contributed by atoms with Crippen molar-refractivity contribution in [1.82, 2.24) is 9.78 Å². The number of rotatable bonds is 4. The van der Waals surface area contributed by atoms with Gasteiger partial charge in [-0.3, -0.25) is 4.68 Å². The van der Waals surface area contributed by atoms with Crippen LogP contribution in [-0.4, -0.2) is 20.9 Å². The molecule has 0 aliphatic carbocycles. The summed E-state index contributed by atoms with van der Waals surface area (Å²) in [5.74, 6) is -1.05. The molecule has 0 bridgehead atoms. The number of aromatic nitrogens is 2. The zero-order valence-electron chi connectivity index (χ0n) is 13.8. The Balaban J connectivity index is 2.11. The number of carbonyl (C=O) groups is 1. The zero-order valence-corrected chi connectivity index (χ0v) is 15.3. The fourth-order valence-electron chi connectivity index (χ4n) is 2.75. The van der Waals surface area contributed by atoms with E-state index in [0.717, 1.165) is 22.4 Å². The Morgan fingerprint density at radius 3 is 2.40 bits per heavy atom. The quantitative estimate of drug-likeness (QED) is 0.680. The summed E-state index contributed by atoms with van der Waals surface area (Å²) < 4.78 is 1.70. The van der Waals surface area contributed by atoms with Crippen molar-refractivity contribution in [3.63, 3.8) is 0 Å². The maximum Gasteiger partial charge on any atom is 0.356 e. The Morgan fingerprint density at radius 1 is 1.12 bits per heavy atom. The Bertz CT molecular complexity index is 947. The molecule has 1 aromatic heterocycles. The summed E-state index contributed by atoms with van der Waals surface area (Å²) >= 11 is 12.2. The highest BCUT2D eigenvalue weighted by Crippen LogP contribution is 2.28. The van der Waals surface area contributed by atoms with Gasteiger partial charge in [-0.05, 0) is 43.2 Å². The number of aromatic carboxylic acids is 1. The van der Waals surface area contributed by atoms with Crippen molar-refractivity contribution in [2.75, 3.05) is 0 Å². The molecule has 0 amide bonds. The molecule has 0 saturated heterocycles. The predicted molar refractivity (Wildman–Crippen MR) is 99.7 cm³/mol. The van der Waals surface area contributed by atoms with Crippen LogP contribution in [0, 0.1) is 13.8 Å². The summed E-state index contributed by atoms with van der Waals surface area (Å²) in [5, 5.41) is 15.0. The summed E-state index contributed by atoms with van der Waals surface area (Å²) in [6, 6.07) is 13.0. The maximum absolute atomic E-state index is 11.5. The number of halogens is 2. The van der Waals surface area contributed by atoms with E-state index in [0.29, 0.717) is 22.2 Å². The second-order valence-electron chi connectivity index (χ2n) is 5.88. The second-order valence-corrected chi connectivity index (χ2v) is 6.72. The lowest BCUT2D eigenvalue weighted by Crippen LogP contribution is -2.06. The van der Waals surface area contributed by atoms with Crippen molar-refractivity contribution in [3.05, 3.63) is 74.9 Å². The van der Waals surface area contributed by atoms with Gasteiger partial charge in [0.2, 0.25) is 0 Å². The third-order valence-corrected chi connectivity index (χ3v) is 4.74. The van der Waals surface area contributed by atoms with Crippen molar-refractivity contribution in [2.45, 2.75) is 20.4 Å². The molecule has 0 atom stereocenters. The van der Waals surface area contributed by atoms with E-state index >= 15 is 0 Å². The minimum absolute atomic E-state index is 0.0446. The van der Waals surface area contributed by atoms with Crippen molar-refractivity contribution in [2.24, 2.45) is 0 Å². The molecule has 0 radical (unpaired) electrons. The van der Waals surface area contributed by atoms with Crippen LogP contribution in [0.15, 0.2) is 42.5 Å². The number of hydrogen-bond acceptors (Lipinski definition) is 2. The lowest BCUT2D eigenvalue weighted by atomic mass is 10.1. The number of aryl methyl sites for hydroxylation is 1. The summed E-state index contributed by atoms with van der Waals surface area (Å²) in [4.78, 5) is 11.5. The van der Waals surface area contributed by atoms with E-state index in [2.05, 4.69) is 5.10 Å². The van der Waals surface area contributed by atoms with Crippen LogP contribution < -0.4 is 0 Å². The van der Waals surface area contributed by atoms with Crippen LogP contribution in [0.3, 0.4) is 0 Å². The fourth-order valence-corrected chi connectivity index (χ4v) is 3.08. The first-order valence-electron chi connectivity index (χ1n) is 7.68. The molecular formula is C19H16Cl2N2O2. The molecule has 4 nitrogen and oxygen atoms in total. The van der Waals surface area contributed by atoms with Crippen molar-refractivity contribution < 1.29 is 9.90 Å². The molecule has 0 unspecified atom stereocenters. The van der Waals surface area contributed by atoms with Gasteiger partial charge in [-0.1, -0.05) is 47.5 Å². The fraction of sp³-hybridized carbons (Fsp3) is 0.158. The Morgan fingerprint density at radius 2 is 1.80 bits per heavy atom. The number of benzene rings is 2. The molecule has 1 heterocycles. The first-order valence-corrected chi connectivity index (χ1v) is 8.44. The largest absolute Gasteiger partial charge is 0.476 e. The highest BCUT2D eigenvalue weighted by Gasteiger charge is 2.20. The van der Waals surface area contributed by atoms with Gasteiger partial charge in [0.25, 0.3) is 0 Å². The average molecular weight is 375 g/mol. The van der Waals surface area contributed by atoms with Crippen LogP contribution in [0.5, 0.6) is 0 Å². The molecule has 0 spiro atoms. The van der Waals surface area contributed by atoms with Gasteiger partial charge >= 0.3 is 5.97 Å². The molecule has 25 heavy (non-hydrogen) atoms. The predicted octanol–water partition coefficient (Wildman–Crippen LogP) is 5.22. The zero-order chi connectivity index (χ0) is 18.1. The van der Waals surface area contributed by atoms with Crippen LogP contribution in [0.4, 0.5) is 0 Å². The van der Waals surface area contributed by atoms with Crippen molar-refractivity contribution in [3.8, 4) is 11.3 Å². The number of nitrogens with zero attached hydrogens (tertiary/aromatic N) is 2. The van der Waals surface area contributed by atoms with Crippen LogP contribution in [0.1, 0.15) is 27.2 Å². The minimum atomic E-state index is -1.05. The third-order valence-electron chi connectivity index (χ3n) is 4.08. The topological polar surface area (TPSA) is 55.1 Å². The molecule has 1 N–H and O–H groups in total. The smallest absolute Gasteiger partial charge is 0.356 e. The Labute approximate surface area is 155 Å². The number of hydrogen-bond donors (Lipinski definition) is 1. The monoisotopic (exact) mass is 374 g/mol. The summed E-state index contributed by atoms with van der Waals surface area (Å²) in [6.07, 6.45) is 0. The third kappa shape index (κ3) is 3.55. The van der Waals surface area contributed by atoms with Crippen LogP contribution >= 0.6 is 23.2 Å². The van der Waals surface area contributed by atoms with E-state index in [1.165, 1.54) is 0 Å². The van der Waals surface area contributed by atoms with Gasteiger partial charge in [0.15, 0.2) is 5.69 Å².